The zero-order chi connectivity index (χ0) is 15.9. The van der Waals surface area contributed by atoms with E-state index in [1.807, 2.05) is 0 Å². The van der Waals surface area contributed by atoms with E-state index in [1.165, 1.54) is 19.3 Å². The maximum absolute atomic E-state index is 9.96. The van der Waals surface area contributed by atoms with Gasteiger partial charge < -0.3 is 24.1 Å². The van der Waals surface area contributed by atoms with E-state index in [9.17, 15) is 5.11 Å². The van der Waals surface area contributed by atoms with Crippen molar-refractivity contribution in [1.82, 2.24) is 4.90 Å². The van der Waals surface area contributed by atoms with Gasteiger partial charge in [0.25, 0.3) is 0 Å². The van der Waals surface area contributed by atoms with Crippen molar-refractivity contribution in [2.45, 2.75) is 81.1 Å². The molecular weight excluding hydrogens is 298 g/mol. The highest BCUT2D eigenvalue weighted by atomic mass is 16.8. The normalized spacial score (nSPS) is 42.8. The molecule has 0 bridgehead atoms. The molecule has 3 saturated heterocycles. The maximum atomic E-state index is 9.96. The van der Waals surface area contributed by atoms with Gasteiger partial charge in [0.1, 0.15) is 19.0 Å². The summed E-state index contributed by atoms with van der Waals surface area (Å²) in [6, 6.07) is 0.197. The summed E-state index contributed by atoms with van der Waals surface area (Å²) in [4.78, 5) is 2.36. The molecule has 0 aromatic heterocycles. The number of aliphatic hydroxyl groups excluding tert-OH is 1. The van der Waals surface area contributed by atoms with E-state index in [0.717, 1.165) is 32.2 Å². The van der Waals surface area contributed by atoms with Crippen molar-refractivity contribution in [3.05, 3.63) is 0 Å². The first kappa shape index (κ1) is 16.2. The molecule has 0 amide bonds. The van der Waals surface area contributed by atoms with E-state index in [1.54, 1.807) is 7.11 Å². The number of rotatable bonds is 4. The van der Waals surface area contributed by atoms with Crippen molar-refractivity contribution in [2.24, 2.45) is 0 Å². The molecular formula is C17H29NO5. The molecule has 3 aliphatic heterocycles. The van der Waals surface area contributed by atoms with Gasteiger partial charge >= 0.3 is 0 Å². The Labute approximate surface area is 138 Å². The average Bonchev–Trinajstić information content (AvgIpc) is 3.06. The standard InChI is InChI=1S/C17H29NO5/c1-20-11-21-13-6-5-9-18-12(10-19)15-16(14(13)18)23-17(22-15)7-3-2-4-8-17/h12-16,19H,2-11H2,1H3/t12-,13-,14-,15-,16+/m1/s1. The number of ether oxygens (including phenoxy) is 4. The second-order valence-corrected chi connectivity index (χ2v) is 7.37. The Kier molecular flexibility index (Phi) is 4.64. The van der Waals surface area contributed by atoms with E-state index in [4.69, 9.17) is 18.9 Å². The number of piperidine rings is 1. The van der Waals surface area contributed by atoms with Crippen LogP contribution < -0.4 is 0 Å². The van der Waals surface area contributed by atoms with Crippen LogP contribution in [0.5, 0.6) is 0 Å². The third-order valence-electron chi connectivity index (χ3n) is 6.04. The minimum atomic E-state index is -0.406. The van der Waals surface area contributed by atoms with Crippen LogP contribution in [0, 0.1) is 0 Å². The second kappa shape index (κ2) is 6.58. The summed E-state index contributed by atoms with van der Waals surface area (Å²) < 4.78 is 24.0. The monoisotopic (exact) mass is 327 g/mol. The van der Waals surface area contributed by atoms with Gasteiger partial charge in [-0.1, -0.05) is 6.42 Å². The Bertz CT molecular complexity index is 414. The topological polar surface area (TPSA) is 60.4 Å². The van der Waals surface area contributed by atoms with Crippen LogP contribution >= 0.6 is 0 Å². The Balaban J connectivity index is 1.56. The molecule has 6 nitrogen and oxygen atoms in total. The van der Waals surface area contributed by atoms with Crippen LogP contribution in [-0.2, 0) is 18.9 Å². The van der Waals surface area contributed by atoms with Gasteiger partial charge in [0.2, 0.25) is 0 Å². The highest BCUT2D eigenvalue weighted by Crippen LogP contribution is 2.48. The van der Waals surface area contributed by atoms with Gasteiger partial charge in [-0.25, -0.2) is 0 Å². The number of methoxy groups -OCH3 is 1. The molecule has 0 aromatic carbocycles. The summed E-state index contributed by atoms with van der Waals surface area (Å²) >= 11 is 0. The van der Waals surface area contributed by atoms with Crippen LogP contribution in [0.15, 0.2) is 0 Å². The fraction of sp³-hybridized carbons (Fsp3) is 1.00. The van der Waals surface area contributed by atoms with Gasteiger partial charge in [-0.2, -0.15) is 0 Å². The van der Waals surface area contributed by atoms with Gasteiger partial charge in [-0.3, -0.25) is 4.90 Å². The first-order valence-corrected chi connectivity index (χ1v) is 9.11. The van der Waals surface area contributed by atoms with Crippen LogP contribution in [0.4, 0.5) is 0 Å². The van der Waals surface area contributed by atoms with Crippen LogP contribution in [0.2, 0.25) is 0 Å². The lowest BCUT2D eigenvalue weighted by molar-refractivity contribution is -0.222. The fourth-order valence-electron chi connectivity index (χ4n) is 5.08. The highest BCUT2D eigenvalue weighted by Gasteiger charge is 2.62. The van der Waals surface area contributed by atoms with Gasteiger partial charge in [0.15, 0.2) is 5.79 Å². The second-order valence-electron chi connectivity index (χ2n) is 7.37. The van der Waals surface area contributed by atoms with Crippen LogP contribution in [0.3, 0.4) is 0 Å². The summed E-state index contributed by atoms with van der Waals surface area (Å²) in [5.41, 5.74) is 0. The third-order valence-corrected chi connectivity index (χ3v) is 6.04. The first-order chi connectivity index (χ1) is 11.3. The van der Waals surface area contributed by atoms with Crippen molar-refractivity contribution < 1.29 is 24.1 Å². The number of hydrogen-bond acceptors (Lipinski definition) is 6. The van der Waals surface area contributed by atoms with Crippen molar-refractivity contribution in [3.63, 3.8) is 0 Å². The Morgan fingerprint density at radius 1 is 1.13 bits per heavy atom. The molecule has 1 aliphatic carbocycles. The van der Waals surface area contributed by atoms with E-state index in [-0.39, 0.29) is 37.0 Å². The predicted molar refractivity (Wildman–Crippen MR) is 82.9 cm³/mol. The maximum Gasteiger partial charge on any atom is 0.169 e. The van der Waals surface area contributed by atoms with E-state index >= 15 is 0 Å². The van der Waals surface area contributed by atoms with Crippen molar-refractivity contribution in [3.8, 4) is 0 Å². The SMILES string of the molecule is COCO[C@@H]1CCCN2[C@H]1[C@@H]1OC3(CCCCC3)O[C@@H]1[C@H]2CO. The van der Waals surface area contributed by atoms with Crippen LogP contribution in [0.25, 0.3) is 0 Å². The molecule has 3 heterocycles. The average molecular weight is 327 g/mol. The molecule has 1 saturated carbocycles. The van der Waals surface area contributed by atoms with Crippen LogP contribution in [0.1, 0.15) is 44.9 Å². The summed E-state index contributed by atoms with van der Waals surface area (Å²) in [5.74, 6) is -0.406. The van der Waals surface area contributed by atoms with Gasteiger partial charge in [0, 0.05) is 20.0 Å². The predicted octanol–water partition coefficient (Wildman–Crippen LogP) is 1.26. The van der Waals surface area contributed by atoms with Crippen molar-refractivity contribution >= 4 is 0 Å². The lowest BCUT2D eigenvalue weighted by atomic mass is 9.94. The smallest absolute Gasteiger partial charge is 0.169 e. The fourth-order valence-corrected chi connectivity index (χ4v) is 5.08. The molecule has 23 heavy (non-hydrogen) atoms. The zero-order valence-corrected chi connectivity index (χ0v) is 14.0. The van der Waals surface area contributed by atoms with Gasteiger partial charge in [-0.15, -0.1) is 0 Å². The van der Waals surface area contributed by atoms with E-state index in [2.05, 4.69) is 4.90 Å². The summed E-state index contributed by atoms with van der Waals surface area (Å²) in [7, 11) is 1.65. The third kappa shape index (κ3) is 2.73. The van der Waals surface area contributed by atoms with Gasteiger partial charge in [0.05, 0.1) is 24.8 Å². The van der Waals surface area contributed by atoms with E-state index < -0.39 is 5.79 Å². The number of aliphatic hydroxyl groups is 1. The molecule has 0 aromatic rings. The Morgan fingerprint density at radius 3 is 2.65 bits per heavy atom. The quantitative estimate of drug-likeness (QED) is 0.785. The molecule has 1 N–H and O–H groups in total. The molecule has 6 heteroatoms. The minimum Gasteiger partial charge on any atom is -0.395 e. The molecule has 0 unspecified atom stereocenters. The highest BCUT2D eigenvalue weighted by molar-refractivity contribution is 5.10. The Morgan fingerprint density at radius 2 is 1.91 bits per heavy atom. The summed E-state index contributed by atoms with van der Waals surface area (Å²) in [5, 5.41) is 9.96. The van der Waals surface area contributed by atoms with Crippen molar-refractivity contribution in [2.75, 3.05) is 27.1 Å². The first-order valence-electron chi connectivity index (χ1n) is 9.11. The van der Waals surface area contributed by atoms with E-state index in [0.29, 0.717) is 6.79 Å². The van der Waals surface area contributed by atoms with Crippen LogP contribution in [-0.4, -0.2) is 73.2 Å². The largest absolute Gasteiger partial charge is 0.395 e. The molecule has 4 fully saturated rings. The van der Waals surface area contributed by atoms with Crippen molar-refractivity contribution in [1.29, 1.82) is 0 Å². The number of hydrogen-bond donors (Lipinski definition) is 1. The molecule has 4 rings (SSSR count). The molecule has 0 radical (unpaired) electrons. The Hall–Kier alpha value is -0.240. The number of fused-ring (bicyclic) bond motifs is 3. The molecule has 132 valence electrons. The zero-order valence-electron chi connectivity index (χ0n) is 14.0. The lowest BCUT2D eigenvalue weighted by Gasteiger charge is -2.42. The lowest BCUT2D eigenvalue weighted by Crippen LogP contribution is -2.54. The number of nitrogens with zero attached hydrogens (tertiary/aromatic N) is 1. The van der Waals surface area contributed by atoms with Gasteiger partial charge in [-0.05, 0) is 32.2 Å². The summed E-state index contributed by atoms with van der Waals surface area (Å²) in [6.45, 7) is 1.41. The summed E-state index contributed by atoms with van der Waals surface area (Å²) in [6.07, 6.45) is 7.72. The molecule has 5 atom stereocenters. The minimum absolute atomic E-state index is 0.00686. The molecule has 4 aliphatic rings. The molecule has 1 spiro atoms.